The summed E-state index contributed by atoms with van der Waals surface area (Å²) in [7, 11) is 1.98. The van der Waals surface area contributed by atoms with Crippen molar-refractivity contribution in [2.24, 2.45) is 10.7 Å². The van der Waals surface area contributed by atoms with Crippen LogP contribution >= 0.6 is 0 Å². The van der Waals surface area contributed by atoms with Crippen LogP contribution in [0.2, 0.25) is 0 Å². The van der Waals surface area contributed by atoms with E-state index in [2.05, 4.69) is 11.6 Å². The first-order valence-electron chi connectivity index (χ1n) is 4.43. The molecule has 0 aliphatic heterocycles. The summed E-state index contributed by atoms with van der Waals surface area (Å²) in [6.45, 7) is 6.48. The predicted molar refractivity (Wildman–Crippen MR) is 58.7 cm³/mol. The highest BCUT2D eigenvalue weighted by Crippen LogP contribution is 1.88. The van der Waals surface area contributed by atoms with E-state index in [9.17, 15) is 0 Å². The fourth-order valence-electron chi connectivity index (χ4n) is 0.728. The molecule has 0 aliphatic rings. The van der Waals surface area contributed by atoms with Crippen molar-refractivity contribution in [2.45, 2.75) is 19.4 Å². The van der Waals surface area contributed by atoms with E-state index in [1.54, 1.807) is 24.7 Å². The maximum Gasteiger partial charge on any atom is 0.0902 e. The topological polar surface area (TPSA) is 41.6 Å². The summed E-state index contributed by atoms with van der Waals surface area (Å²) in [6, 6.07) is 0.250. The third kappa shape index (κ3) is 8.82. The largest absolute Gasteiger partial charge is 0.366 e. The number of allylic oxidation sites excluding steroid dienone is 2. The molecule has 0 saturated carbocycles. The predicted octanol–water partition coefficient (Wildman–Crippen LogP) is 1.38. The summed E-state index contributed by atoms with van der Waals surface area (Å²) >= 11 is 0. The molecule has 0 aliphatic carbocycles. The standard InChI is InChI=1S/C10H19N3/c1-4-5-7-12-9-13(3)8-6-10(2)11/h4-5,7,9-10H,1,6,8,11H2,2-3H3/b7-5+,12-9+. The van der Waals surface area contributed by atoms with Gasteiger partial charge in [-0.3, -0.25) is 0 Å². The van der Waals surface area contributed by atoms with Crippen molar-refractivity contribution in [3.63, 3.8) is 0 Å². The highest BCUT2D eigenvalue weighted by Gasteiger charge is 1.95. The lowest BCUT2D eigenvalue weighted by molar-refractivity contribution is 0.474. The molecule has 0 saturated heterocycles. The average molecular weight is 181 g/mol. The van der Waals surface area contributed by atoms with Gasteiger partial charge in [0.05, 0.1) is 6.34 Å². The first-order valence-corrected chi connectivity index (χ1v) is 4.43. The summed E-state index contributed by atoms with van der Waals surface area (Å²) in [5.41, 5.74) is 5.62. The third-order valence-electron chi connectivity index (χ3n) is 1.51. The number of nitrogens with two attached hydrogens (primary N) is 1. The molecule has 0 amide bonds. The van der Waals surface area contributed by atoms with E-state index in [1.807, 2.05) is 18.9 Å². The van der Waals surface area contributed by atoms with Crippen molar-refractivity contribution in [1.82, 2.24) is 4.90 Å². The molecule has 1 atom stereocenters. The molecule has 0 aromatic heterocycles. The van der Waals surface area contributed by atoms with E-state index in [4.69, 9.17) is 5.73 Å². The minimum Gasteiger partial charge on any atom is -0.366 e. The zero-order valence-electron chi connectivity index (χ0n) is 8.48. The quantitative estimate of drug-likeness (QED) is 0.382. The SMILES string of the molecule is C=C/C=C/N=C/N(C)CCC(C)N. The fourth-order valence-corrected chi connectivity index (χ4v) is 0.728. The lowest BCUT2D eigenvalue weighted by Gasteiger charge is -2.13. The van der Waals surface area contributed by atoms with Crippen molar-refractivity contribution in [1.29, 1.82) is 0 Å². The summed E-state index contributed by atoms with van der Waals surface area (Å²) in [4.78, 5) is 6.06. The Balaban J connectivity index is 3.60. The van der Waals surface area contributed by atoms with E-state index in [1.165, 1.54) is 0 Å². The molecule has 0 fully saturated rings. The van der Waals surface area contributed by atoms with E-state index >= 15 is 0 Å². The molecule has 1 unspecified atom stereocenters. The molecular formula is C10H19N3. The van der Waals surface area contributed by atoms with Gasteiger partial charge in [-0.1, -0.05) is 12.7 Å². The third-order valence-corrected chi connectivity index (χ3v) is 1.51. The molecule has 13 heavy (non-hydrogen) atoms. The van der Waals surface area contributed by atoms with Crippen LogP contribution in [-0.4, -0.2) is 30.9 Å². The van der Waals surface area contributed by atoms with Crippen LogP contribution in [0, 0.1) is 0 Å². The summed E-state index contributed by atoms with van der Waals surface area (Å²) in [5, 5.41) is 0. The lowest BCUT2D eigenvalue weighted by Crippen LogP contribution is -2.24. The molecule has 0 rings (SSSR count). The first kappa shape index (κ1) is 11.9. The normalized spacial score (nSPS) is 13.8. The summed E-state index contributed by atoms with van der Waals surface area (Å²) in [5.74, 6) is 0. The van der Waals surface area contributed by atoms with Gasteiger partial charge in [-0.2, -0.15) is 0 Å². The second kappa shape index (κ2) is 7.55. The van der Waals surface area contributed by atoms with Gasteiger partial charge >= 0.3 is 0 Å². The highest BCUT2D eigenvalue weighted by molar-refractivity contribution is 5.55. The first-order chi connectivity index (χ1) is 6.16. The Morgan fingerprint density at radius 3 is 2.85 bits per heavy atom. The molecule has 3 heteroatoms. The van der Waals surface area contributed by atoms with Gasteiger partial charge in [0.25, 0.3) is 0 Å². The van der Waals surface area contributed by atoms with Crippen LogP contribution in [-0.2, 0) is 0 Å². The van der Waals surface area contributed by atoms with Gasteiger partial charge < -0.3 is 10.6 Å². The Morgan fingerprint density at radius 2 is 2.31 bits per heavy atom. The van der Waals surface area contributed by atoms with Gasteiger partial charge in [-0.25, -0.2) is 4.99 Å². The Bertz CT molecular complexity index is 183. The van der Waals surface area contributed by atoms with Crippen molar-refractivity contribution in [3.8, 4) is 0 Å². The van der Waals surface area contributed by atoms with E-state index < -0.39 is 0 Å². The molecule has 0 aromatic carbocycles. The second-order valence-electron chi connectivity index (χ2n) is 3.09. The number of rotatable bonds is 6. The monoisotopic (exact) mass is 181 g/mol. The fraction of sp³-hybridized carbons (Fsp3) is 0.500. The summed E-state index contributed by atoms with van der Waals surface area (Å²) in [6.07, 6.45) is 7.95. The van der Waals surface area contributed by atoms with E-state index in [0.29, 0.717) is 0 Å². The van der Waals surface area contributed by atoms with Gasteiger partial charge in [0, 0.05) is 25.8 Å². The number of hydrogen-bond donors (Lipinski definition) is 1. The molecule has 0 heterocycles. The molecule has 0 bridgehead atoms. The second-order valence-corrected chi connectivity index (χ2v) is 3.09. The van der Waals surface area contributed by atoms with E-state index in [-0.39, 0.29) is 6.04 Å². The van der Waals surface area contributed by atoms with Crippen molar-refractivity contribution in [2.75, 3.05) is 13.6 Å². The van der Waals surface area contributed by atoms with Crippen molar-refractivity contribution in [3.05, 3.63) is 24.9 Å². The lowest BCUT2D eigenvalue weighted by atomic mass is 10.2. The Labute approximate surface area is 80.6 Å². The number of aliphatic imine (C=N–C) groups is 1. The van der Waals surface area contributed by atoms with Crippen molar-refractivity contribution >= 4 is 6.34 Å². The number of nitrogens with zero attached hydrogens (tertiary/aromatic N) is 2. The maximum atomic E-state index is 5.62. The Kier molecular flexibility index (Phi) is 6.92. The zero-order valence-corrected chi connectivity index (χ0v) is 8.48. The van der Waals surface area contributed by atoms with Crippen LogP contribution in [0.1, 0.15) is 13.3 Å². The zero-order chi connectivity index (χ0) is 10.1. The number of hydrogen-bond acceptors (Lipinski definition) is 2. The van der Waals surface area contributed by atoms with Gasteiger partial charge in [0.2, 0.25) is 0 Å². The van der Waals surface area contributed by atoms with Crippen LogP contribution in [0.25, 0.3) is 0 Å². The van der Waals surface area contributed by atoms with Crippen LogP contribution in [0.4, 0.5) is 0 Å². The molecule has 0 radical (unpaired) electrons. The maximum absolute atomic E-state index is 5.62. The molecular weight excluding hydrogens is 162 g/mol. The van der Waals surface area contributed by atoms with Crippen molar-refractivity contribution < 1.29 is 0 Å². The van der Waals surface area contributed by atoms with E-state index in [0.717, 1.165) is 13.0 Å². The molecule has 74 valence electrons. The minimum absolute atomic E-state index is 0.250. The van der Waals surface area contributed by atoms with Gasteiger partial charge in [0.1, 0.15) is 0 Å². The van der Waals surface area contributed by atoms with Crippen LogP contribution in [0.3, 0.4) is 0 Å². The molecule has 3 nitrogen and oxygen atoms in total. The van der Waals surface area contributed by atoms with Crippen LogP contribution < -0.4 is 5.73 Å². The highest BCUT2D eigenvalue weighted by atomic mass is 15.1. The average Bonchev–Trinajstić information content (AvgIpc) is 2.09. The van der Waals surface area contributed by atoms with Gasteiger partial charge in [-0.05, 0) is 19.4 Å². The Hall–Kier alpha value is -1.09. The Morgan fingerprint density at radius 1 is 1.62 bits per heavy atom. The van der Waals surface area contributed by atoms with Gasteiger partial charge in [-0.15, -0.1) is 0 Å². The molecule has 2 N–H and O–H groups in total. The summed E-state index contributed by atoms with van der Waals surface area (Å²) < 4.78 is 0. The molecule has 0 spiro atoms. The smallest absolute Gasteiger partial charge is 0.0902 e. The minimum atomic E-state index is 0.250. The molecule has 0 aromatic rings. The van der Waals surface area contributed by atoms with Gasteiger partial charge in [0.15, 0.2) is 0 Å². The van der Waals surface area contributed by atoms with Crippen LogP contribution in [0.5, 0.6) is 0 Å². The van der Waals surface area contributed by atoms with Crippen LogP contribution in [0.15, 0.2) is 29.9 Å².